The van der Waals surface area contributed by atoms with Crippen LogP contribution in [0.1, 0.15) is 5.56 Å². The van der Waals surface area contributed by atoms with Crippen molar-refractivity contribution in [3.63, 3.8) is 0 Å². The Morgan fingerprint density at radius 3 is 2.69 bits per heavy atom. The fourth-order valence-corrected chi connectivity index (χ4v) is 2.00. The lowest BCUT2D eigenvalue weighted by molar-refractivity contribution is -0.656. The minimum Gasteiger partial charge on any atom is -0.486 e. The first kappa shape index (κ1) is 13.6. The summed E-state index contributed by atoms with van der Waals surface area (Å²) in [5.41, 5.74) is 0.930. The third-order valence-corrected chi connectivity index (χ3v) is 2.59. The third kappa shape index (κ3) is 4.18. The number of halogens is 2. The largest absolute Gasteiger partial charge is 0.486 e. The minimum atomic E-state index is 0.181. The van der Waals surface area contributed by atoms with Crippen LogP contribution in [-0.4, -0.2) is 31.4 Å². The van der Waals surface area contributed by atoms with E-state index in [2.05, 4.69) is 0 Å². The number of aliphatic hydroxyl groups excluding tert-OH is 1. The zero-order valence-corrected chi connectivity index (χ0v) is 10.7. The van der Waals surface area contributed by atoms with E-state index in [9.17, 15) is 0 Å². The van der Waals surface area contributed by atoms with Gasteiger partial charge in [-0.15, -0.1) is 0 Å². The Balaban J connectivity index is 2.47. The standard InChI is InChI=1S/C11H15Cl2NO2/c1-8-6-9(12)7-10(13)11(8)16-5-3-14-2-4-15/h6-7,14-15H,2-5H2,1H3/p+1. The fourth-order valence-electron chi connectivity index (χ4n) is 1.35. The van der Waals surface area contributed by atoms with Crippen LogP contribution in [0, 0.1) is 6.92 Å². The van der Waals surface area contributed by atoms with Crippen molar-refractivity contribution in [3.05, 3.63) is 27.7 Å². The first-order chi connectivity index (χ1) is 7.65. The molecular formula is C11H16Cl2NO2+. The lowest BCUT2D eigenvalue weighted by atomic mass is 10.2. The van der Waals surface area contributed by atoms with E-state index in [0.29, 0.717) is 28.9 Å². The Morgan fingerprint density at radius 1 is 1.31 bits per heavy atom. The van der Waals surface area contributed by atoms with Crippen LogP contribution >= 0.6 is 23.2 Å². The van der Waals surface area contributed by atoms with Gasteiger partial charge in [0, 0.05) is 5.02 Å². The van der Waals surface area contributed by atoms with E-state index in [1.54, 1.807) is 6.07 Å². The van der Waals surface area contributed by atoms with Gasteiger partial charge in [0.2, 0.25) is 0 Å². The fraction of sp³-hybridized carbons (Fsp3) is 0.455. The van der Waals surface area contributed by atoms with Crippen LogP contribution in [0.2, 0.25) is 10.0 Å². The molecule has 0 atom stereocenters. The first-order valence-corrected chi connectivity index (χ1v) is 5.91. The SMILES string of the molecule is Cc1cc(Cl)cc(Cl)c1OCC[NH2+]CCO. The molecule has 16 heavy (non-hydrogen) atoms. The molecule has 0 saturated heterocycles. The molecule has 0 bridgehead atoms. The Labute approximate surface area is 105 Å². The van der Waals surface area contributed by atoms with E-state index >= 15 is 0 Å². The van der Waals surface area contributed by atoms with E-state index in [1.165, 1.54) is 0 Å². The van der Waals surface area contributed by atoms with Crippen LogP contribution in [0.3, 0.4) is 0 Å². The normalized spacial score (nSPS) is 10.5. The van der Waals surface area contributed by atoms with Crippen molar-refractivity contribution >= 4 is 23.2 Å². The van der Waals surface area contributed by atoms with E-state index in [0.717, 1.165) is 12.1 Å². The topological polar surface area (TPSA) is 46.1 Å². The summed E-state index contributed by atoms with van der Waals surface area (Å²) < 4.78 is 5.57. The number of nitrogens with two attached hydrogens (primary N) is 1. The second kappa shape index (κ2) is 6.97. The lowest BCUT2D eigenvalue weighted by Crippen LogP contribution is -2.86. The smallest absolute Gasteiger partial charge is 0.141 e. The van der Waals surface area contributed by atoms with Crippen LogP contribution in [0.15, 0.2) is 12.1 Å². The van der Waals surface area contributed by atoms with E-state index < -0.39 is 0 Å². The highest BCUT2D eigenvalue weighted by Gasteiger charge is 2.07. The number of rotatable bonds is 6. The molecule has 1 aromatic carbocycles. The zero-order chi connectivity index (χ0) is 12.0. The van der Waals surface area contributed by atoms with Gasteiger partial charge in [-0.3, -0.25) is 0 Å². The van der Waals surface area contributed by atoms with E-state index in [1.807, 2.05) is 18.3 Å². The summed E-state index contributed by atoms with van der Waals surface area (Å²) in [6.07, 6.45) is 0. The van der Waals surface area contributed by atoms with Gasteiger partial charge in [0.25, 0.3) is 0 Å². The van der Waals surface area contributed by atoms with Gasteiger partial charge in [0.1, 0.15) is 18.9 Å². The Morgan fingerprint density at radius 2 is 2.06 bits per heavy atom. The van der Waals surface area contributed by atoms with Crippen molar-refractivity contribution in [3.8, 4) is 5.75 Å². The summed E-state index contributed by atoms with van der Waals surface area (Å²) >= 11 is 11.9. The highest BCUT2D eigenvalue weighted by atomic mass is 35.5. The summed E-state index contributed by atoms with van der Waals surface area (Å²) in [5.74, 6) is 0.684. The maximum Gasteiger partial charge on any atom is 0.141 e. The van der Waals surface area contributed by atoms with Crippen molar-refractivity contribution in [2.24, 2.45) is 0 Å². The molecule has 0 spiro atoms. The average Bonchev–Trinajstić information content (AvgIpc) is 2.20. The van der Waals surface area contributed by atoms with E-state index in [4.69, 9.17) is 33.0 Å². The van der Waals surface area contributed by atoms with Crippen LogP contribution in [0.25, 0.3) is 0 Å². The molecule has 0 radical (unpaired) electrons. The molecular weight excluding hydrogens is 249 g/mol. The van der Waals surface area contributed by atoms with Crippen LogP contribution in [-0.2, 0) is 0 Å². The molecule has 1 rings (SSSR count). The number of hydrogen-bond donors (Lipinski definition) is 2. The van der Waals surface area contributed by atoms with Gasteiger partial charge < -0.3 is 15.2 Å². The summed E-state index contributed by atoms with van der Waals surface area (Å²) in [6.45, 7) is 4.13. The van der Waals surface area contributed by atoms with Gasteiger partial charge in [0.15, 0.2) is 0 Å². The number of hydrogen-bond acceptors (Lipinski definition) is 2. The Kier molecular flexibility index (Phi) is 5.91. The minimum absolute atomic E-state index is 0.181. The monoisotopic (exact) mass is 264 g/mol. The third-order valence-electron chi connectivity index (χ3n) is 2.10. The number of quaternary nitrogens is 1. The first-order valence-electron chi connectivity index (χ1n) is 5.16. The molecule has 3 nitrogen and oxygen atoms in total. The van der Waals surface area contributed by atoms with Crippen LogP contribution in [0.5, 0.6) is 5.75 Å². The summed E-state index contributed by atoms with van der Waals surface area (Å²) in [6, 6.07) is 3.49. The van der Waals surface area contributed by atoms with Gasteiger partial charge >= 0.3 is 0 Å². The molecule has 0 amide bonds. The van der Waals surface area contributed by atoms with E-state index in [-0.39, 0.29) is 6.61 Å². The second-order valence-electron chi connectivity index (χ2n) is 3.47. The van der Waals surface area contributed by atoms with Gasteiger partial charge in [-0.2, -0.15) is 0 Å². The van der Waals surface area contributed by atoms with Crippen molar-refractivity contribution in [2.45, 2.75) is 6.92 Å². The molecule has 0 aliphatic carbocycles. The molecule has 3 N–H and O–H groups in total. The van der Waals surface area contributed by atoms with Crippen molar-refractivity contribution in [1.29, 1.82) is 0 Å². The van der Waals surface area contributed by atoms with Crippen molar-refractivity contribution in [2.75, 3.05) is 26.3 Å². The highest BCUT2D eigenvalue weighted by molar-refractivity contribution is 6.35. The average molecular weight is 265 g/mol. The highest BCUT2D eigenvalue weighted by Crippen LogP contribution is 2.31. The molecule has 0 aromatic heterocycles. The quantitative estimate of drug-likeness (QED) is 0.760. The lowest BCUT2D eigenvalue weighted by Gasteiger charge is -2.10. The predicted octanol–water partition coefficient (Wildman–Crippen LogP) is 1.24. The molecule has 0 saturated carbocycles. The van der Waals surface area contributed by atoms with Gasteiger partial charge in [-0.1, -0.05) is 23.2 Å². The molecule has 1 aromatic rings. The zero-order valence-electron chi connectivity index (χ0n) is 9.17. The van der Waals surface area contributed by atoms with Gasteiger partial charge in [-0.25, -0.2) is 0 Å². The molecule has 0 aliphatic rings. The molecule has 0 aliphatic heterocycles. The summed E-state index contributed by atoms with van der Waals surface area (Å²) in [4.78, 5) is 0. The summed E-state index contributed by atoms with van der Waals surface area (Å²) in [7, 11) is 0. The van der Waals surface area contributed by atoms with Crippen LogP contribution in [0.4, 0.5) is 0 Å². The number of benzene rings is 1. The van der Waals surface area contributed by atoms with Gasteiger partial charge in [0.05, 0.1) is 18.2 Å². The molecule has 0 heterocycles. The Bertz CT molecular complexity index is 322. The maximum absolute atomic E-state index is 8.59. The van der Waals surface area contributed by atoms with Crippen LogP contribution < -0.4 is 10.1 Å². The molecule has 5 heteroatoms. The van der Waals surface area contributed by atoms with Crippen molar-refractivity contribution < 1.29 is 15.2 Å². The predicted molar refractivity (Wildman–Crippen MR) is 65.4 cm³/mol. The molecule has 0 unspecified atom stereocenters. The Hall–Kier alpha value is -0.480. The number of ether oxygens (including phenoxy) is 1. The number of aryl methyl sites for hydroxylation is 1. The number of aliphatic hydroxyl groups is 1. The second-order valence-corrected chi connectivity index (χ2v) is 4.32. The van der Waals surface area contributed by atoms with Gasteiger partial charge in [-0.05, 0) is 24.6 Å². The summed E-state index contributed by atoms with van der Waals surface area (Å²) in [5, 5.41) is 11.7. The maximum atomic E-state index is 8.59. The molecule has 0 fully saturated rings. The van der Waals surface area contributed by atoms with Crippen molar-refractivity contribution in [1.82, 2.24) is 0 Å². The molecule has 90 valence electrons.